The number of rotatable bonds is 3. The van der Waals surface area contributed by atoms with Crippen molar-refractivity contribution in [1.29, 1.82) is 0 Å². The van der Waals surface area contributed by atoms with E-state index in [0.717, 1.165) is 10.0 Å². The quantitative estimate of drug-likeness (QED) is 0.178. The van der Waals surface area contributed by atoms with E-state index in [2.05, 4.69) is 0 Å². The molecule has 0 bridgehead atoms. The van der Waals surface area contributed by atoms with Crippen molar-refractivity contribution in [2.45, 2.75) is 14.7 Å². The maximum atomic E-state index is 12.2. The van der Waals surface area contributed by atoms with E-state index in [1.807, 2.05) is 60.7 Å². The van der Waals surface area contributed by atoms with Crippen LogP contribution in [-0.2, 0) is 30.6 Å². The van der Waals surface area contributed by atoms with Gasteiger partial charge >= 0.3 is 10.6 Å². The molecule has 0 amide bonds. The van der Waals surface area contributed by atoms with Crippen molar-refractivity contribution in [3.8, 4) is 0 Å². The van der Waals surface area contributed by atoms with Gasteiger partial charge in [0.15, 0.2) is 0 Å². The van der Waals surface area contributed by atoms with Gasteiger partial charge < -0.3 is 5.48 Å². The van der Waals surface area contributed by atoms with Crippen LogP contribution in [0.15, 0.2) is 148 Å². The minimum atomic E-state index is -4.08. The monoisotopic (exact) mass is 800 g/mol. The molecule has 0 aliphatic heterocycles. The molecule has 0 fully saturated rings. The smallest absolute Gasteiger partial charge is 0.412 e. The van der Waals surface area contributed by atoms with Gasteiger partial charge in [-0.15, -0.1) is 12.6 Å². The molecule has 5 aromatic rings. The topological polar surface area (TPSA) is 171 Å². The summed E-state index contributed by atoms with van der Waals surface area (Å²) in [5, 5.41) is 3.02. The highest BCUT2D eigenvalue weighted by molar-refractivity contribution is 7.91. The molecule has 0 aromatic heterocycles. The van der Waals surface area contributed by atoms with Gasteiger partial charge in [0, 0.05) is 25.1 Å². The standard InChI is InChI=1S/C12H8Cl2O2S.C6H5ClO3S.2C6H5Cl.O3S.H2O/c13-9-1-5-11(6-2-9)17(15,16)12-7-3-10(14)4-8-12;7-5-1-3-6(4-2-5)11(8,9)10;2*7-6-4-2-1-3-5-6;1-4(2)3;/h1-8H;1-4H,(H,8,9,10);2*1-5H;;1H2. The lowest BCUT2D eigenvalue weighted by Gasteiger charge is -2.04. The first-order valence-corrected chi connectivity index (χ1v) is 18.0. The summed E-state index contributed by atoms with van der Waals surface area (Å²) in [6, 6.07) is 36.2. The van der Waals surface area contributed by atoms with Gasteiger partial charge in [-0.3, -0.25) is 4.55 Å². The average molecular weight is 803 g/mol. The number of halogens is 5. The highest BCUT2D eigenvalue weighted by Crippen LogP contribution is 2.23. The molecule has 0 saturated carbocycles. The van der Waals surface area contributed by atoms with Crippen molar-refractivity contribution < 1.29 is 39.5 Å². The Morgan fingerprint density at radius 1 is 0.404 bits per heavy atom. The molecule has 5 rings (SSSR count). The molecule has 0 heterocycles. The molecule has 0 aliphatic rings. The molecule has 3 N–H and O–H groups in total. The molecule has 0 radical (unpaired) electrons. The maximum absolute atomic E-state index is 12.2. The van der Waals surface area contributed by atoms with Crippen LogP contribution in [0.3, 0.4) is 0 Å². The van der Waals surface area contributed by atoms with Crippen molar-refractivity contribution in [2.75, 3.05) is 0 Å². The van der Waals surface area contributed by atoms with Crippen molar-refractivity contribution in [1.82, 2.24) is 0 Å². The van der Waals surface area contributed by atoms with E-state index in [1.165, 1.54) is 48.5 Å². The fourth-order valence-corrected chi connectivity index (χ4v) is 5.21. The number of sulfone groups is 1. The third-order valence-corrected chi connectivity index (χ3v) is 8.74. The molecule has 0 spiro atoms. The Morgan fingerprint density at radius 2 is 0.617 bits per heavy atom. The van der Waals surface area contributed by atoms with Crippen LogP contribution < -0.4 is 0 Å². The fourth-order valence-electron chi connectivity index (χ4n) is 2.80. The van der Waals surface area contributed by atoms with Crippen LogP contribution in [0.2, 0.25) is 25.1 Å². The Bertz CT molecular complexity index is 1850. The minimum Gasteiger partial charge on any atom is -0.412 e. The summed E-state index contributed by atoms with van der Waals surface area (Å²) in [5.41, 5.74) is 0. The minimum absolute atomic E-state index is 0. The van der Waals surface area contributed by atoms with E-state index in [4.69, 9.17) is 75.2 Å². The van der Waals surface area contributed by atoms with Gasteiger partial charge in [-0.2, -0.15) is 8.42 Å². The second kappa shape index (κ2) is 22.5. The lowest BCUT2D eigenvalue weighted by atomic mass is 10.4. The zero-order valence-corrected chi connectivity index (χ0v) is 29.9. The average Bonchev–Trinajstić information content (AvgIpc) is 2.99. The van der Waals surface area contributed by atoms with E-state index < -0.39 is 30.6 Å². The maximum Gasteiger partial charge on any atom is 0.425 e. The van der Waals surface area contributed by atoms with Gasteiger partial charge in [0.05, 0.1) is 14.7 Å². The number of hydrogen-bond acceptors (Lipinski definition) is 7. The van der Waals surface area contributed by atoms with Crippen LogP contribution >= 0.6 is 58.0 Å². The SMILES string of the molecule is Clc1ccccc1.Clc1ccccc1.O.O=S(=O)(O)c1ccc(Cl)cc1.O=S(=O)(c1ccc(Cl)cc1)c1ccc(Cl)cc1.O=S(=O)=O. The second-order valence-electron chi connectivity index (χ2n) is 8.14. The Balaban J connectivity index is 0.000000610. The first-order valence-electron chi connectivity index (χ1n) is 12.2. The molecule has 5 aromatic carbocycles. The molecule has 47 heavy (non-hydrogen) atoms. The highest BCUT2D eigenvalue weighted by atomic mass is 35.5. The third-order valence-electron chi connectivity index (χ3n) is 4.83. The summed E-state index contributed by atoms with van der Waals surface area (Å²) in [7, 11) is -10.7. The second-order valence-corrected chi connectivity index (χ2v) is 14.1. The Morgan fingerprint density at radius 3 is 0.809 bits per heavy atom. The summed E-state index contributed by atoms with van der Waals surface area (Å²) in [6.45, 7) is 0. The van der Waals surface area contributed by atoms with Crippen LogP contribution in [0.4, 0.5) is 0 Å². The fraction of sp³-hybridized carbons (Fsp3) is 0. The van der Waals surface area contributed by atoms with Gasteiger partial charge in [0.1, 0.15) is 0 Å². The molecule has 17 heteroatoms. The van der Waals surface area contributed by atoms with Crippen molar-refractivity contribution in [3.05, 3.63) is 159 Å². The molecule has 0 saturated heterocycles. The summed E-state index contributed by atoms with van der Waals surface area (Å²) >= 11 is 28.0. The molecule has 9 nitrogen and oxygen atoms in total. The summed E-state index contributed by atoms with van der Waals surface area (Å²) in [6.07, 6.45) is 0. The van der Waals surface area contributed by atoms with Crippen LogP contribution in [0.5, 0.6) is 0 Å². The number of benzene rings is 5. The Hall–Kier alpha value is -3.01. The van der Waals surface area contributed by atoms with Gasteiger partial charge in [0.2, 0.25) is 9.84 Å². The predicted molar refractivity (Wildman–Crippen MR) is 186 cm³/mol. The van der Waals surface area contributed by atoms with Crippen LogP contribution in [0.1, 0.15) is 0 Å². The summed E-state index contributed by atoms with van der Waals surface area (Å²) in [4.78, 5) is 0.273. The third kappa shape index (κ3) is 19.4. The van der Waals surface area contributed by atoms with Crippen LogP contribution in [-0.4, -0.2) is 39.5 Å². The van der Waals surface area contributed by atoms with Crippen molar-refractivity contribution in [2.24, 2.45) is 0 Å². The predicted octanol–water partition coefficient (Wildman–Crippen LogP) is 8.26. The van der Waals surface area contributed by atoms with Gasteiger partial charge in [-0.25, -0.2) is 8.42 Å². The first-order chi connectivity index (χ1) is 21.5. The zero-order valence-electron chi connectivity index (χ0n) is 23.6. The summed E-state index contributed by atoms with van der Waals surface area (Å²) < 4.78 is 79.1. The largest absolute Gasteiger partial charge is 0.425 e. The lowest BCUT2D eigenvalue weighted by molar-refractivity contribution is 0.483. The van der Waals surface area contributed by atoms with E-state index >= 15 is 0 Å². The molecular formula is C30H25Cl5O9S3. The van der Waals surface area contributed by atoms with E-state index in [-0.39, 0.29) is 20.2 Å². The molecule has 0 aliphatic carbocycles. The van der Waals surface area contributed by atoms with E-state index in [9.17, 15) is 16.8 Å². The van der Waals surface area contributed by atoms with Crippen molar-refractivity contribution in [3.63, 3.8) is 0 Å². The first kappa shape index (κ1) is 44.0. The Labute approximate surface area is 299 Å². The molecular weight excluding hydrogens is 778 g/mol. The van der Waals surface area contributed by atoms with E-state index in [1.54, 1.807) is 24.3 Å². The normalized spacial score (nSPS) is 9.91. The van der Waals surface area contributed by atoms with Crippen LogP contribution in [0, 0.1) is 0 Å². The summed E-state index contributed by atoms with van der Waals surface area (Å²) in [5.74, 6) is 0. The molecule has 0 unspecified atom stereocenters. The molecule has 0 atom stereocenters. The molecule has 252 valence electrons. The van der Waals surface area contributed by atoms with Gasteiger partial charge in [0.25, 0.3) is 10.1 Å². The lowest BCUT2D eigenvalue weighted by Crippen LogP contribution is -2.01. The van der Waals surface area contributed by atoms with Crippen LogP contribution in [0.25, 0.3) is 0 Å². The highest BCUT2D eigenvalue weighted by Gasteiger charge is 2.17. The van der Waals surface area contributed by atoms with Crippen molar-refractivity contribution >= 4 is 88.6 Å². The van der Waals surface area contributed by atoms with Gasteiger partial charge in [-0.05, 0) is 97.1 Å². The van der Waals surface area contributed by atoms with Gasteiger partial charge in [-0.1, -0.05) is 94.4 Å². The number of hydrogen-bond donors (Lipinski definition) is 1. The van der Waals surface area contributed by atoms with E-state index in [0.29, 0.717) is 15.1 Å². The zero-order chi connectivity index (χ0) is 34.8. The Kier molecular flexibility index (Phi) is 21.1.